The summed E-state index contributed by atoms with van der Waals surface area (Å²) in [5.41, 5.74) is 1.01. The highest BCUT2D eigenvalue weighted by molar-refractivity contribution is 5.88. The van der Waals surface area contributed by atoms with Gasteiger partial charge in [-0.1, -0.05) is 68.9 Å². The van der Waals surface area contributed by atoms with Crippen molar-refractivity contribution in [2.75, 3.05) is 65.6 Å². The van der Waals surface area contributed by atoms with E-state index in [0.29, 0.717) is 70.9 Å². The average Bonchev–Trinajstić information content (AvgIpc) is 3.21. The lowest BCUT2D eigenvalue weighted by Crippen LogP contribution is -2.61. The van der Waals surface area contributed by atoms with E-state index in [2.05, 4.69) is 31.1 Å². The Labute approximate surface area is 327 Å². The van der Waals surface area contributed by atoms with Crippen molar-refractivity contribution in [3.63, 3.8) is 0 Å². The molecule has 5 saturated heterocycles. The van der Waals surface area contributed by atoms with Crippen LogP contribution in [0.1, 0.15) is 89.0 Å². The number of carbonyl (C=O) groups excluding carboxylic acids is 4. The topological polar surface area (TPSA) is 162 Å². The smallest absolute Gasteiger partial charge is 0.329 e. The number of aliphatic hydroxyl groups is 1. The molecule has 6 atom stereocenters. The number of amides is 3. The van der Waals surface area contributed by atoms with Gasteiger partial charge in [0.25, 0.3) is 0 Å². The Hall–Kier alpha value is -3.10. The number of esters is 1. The van der Waals surface area contributed by atoms with Gasteiger partial charge < -0.3 is 40.7 Å². The highest BCUT2D eigenvalue weighted by Crippen LogP contribution is 2.32. The van der Waals surface area contributed by atoms with Gasteiger partial charge >= 0.3 is 5.97 Å². The first-order valence-corrected chi connectivity index (χ1v) is 21.4. The number of nitrogens with zero attached hydrogens (tertiary/aromatic N) is 2. The molecule has 0 radical (unpaired) electrons. The number of aliphatic hydroxyl groups excluding tert-OH is 1. The number of nitrogens with one attached hydrogen (secondary N) is 4. The molecule has 306 valence electrons. The van der Waals surface area contributed by atoms with E-state index in [0.717, 1.165) is 83.2 Å². The SMILES string of the molecule is O=C1CC[C@H](NC(=O)[C@H](Cc2ccccc2)NC2CN3CCC2CC3)C(=O)O[C@@H](CC2CCCCC2)[C@@H](O)[C@@H](C(=O)NCCN2CCOCC2)CCCCN1. The Morgan fingerprint density at radius 1 is 0.909 bits per heavy atom. The van der Waals surface area contributed by atoms with Crippen molar-refractivity contribution in [1.29, 1.82) is 0 Å². The highest BCUT2D eigenvalue weighted by Gasteiger charge is 2.40. The van der Waals surface area contributed by atoms with Gasteiger partial charge in [-0.05, 0) is 75.4 Å². The normalized spacial score (nSPS) is 31.0. The standard InChI is InChI=1S/C42H66N6O7/c49-38-15-14-34(46-41(52)35(27-30-9-3-1-4-10-30)45-36-29-48-20-16-32(36)17-21-48)42(53)55-37(28-31-11-5-2-6-12-31)39(50)33(13-7-8-18-43-38)40(51)44-19-22-47-23-25-54-26-24-47/h1,3-4,9-10,31-37,39,45,50H,2,5-8,11-29H2,(H,43,49)(H,44,51)(H,46,52)/t33-,34-,35-,36?,37-,39-/m0/s1. The lowest BCUT2D eigenvalue weighted by Gasteiger charge is -2.46. The van der Waals surface area contributed by atoms with Gasteiger partial charge in [0.1, 0.15) is 18.2 Å². The zero-order valence-corrected chi connectivity index (χ0v) is 32.8. The van der Waals surface area contributed by atoms with Crippen LogP contribution in [0.3, 0.4) is 0 Å². The fourth-order valence-electron chi connectivity index (χ4n) is 9.34. The van der Waals surface area contributed by atoms with Gasteiger partial charge in [0.2, 0.25) is 17.7 Å². The molecule has 1 unspecified atom stereocenters. The summed E-state index contributed by atoms with van der Waals surface area (Å²) in [6.45, 7) is 7.58. The van der Waals surface area contributed by atoms with Gasteiger partial charge in [0, 0.05) is 51.7 Å². The number of carbonyl (C=O) groups is 4. The van der Waals surface area contributed by atoms with Gasteiger partial charge in [-0.2, -0.15) is 0 Å². The molecule has 1 saturated carbocycles. The summed E-state index contributed by atoms with van der Waals surface area (Å²) in [6.07, 6.45) is 7.99. The first kappa shape index (κ1) is 41.5. The van der Waals surface area contributed by atoms with Crippen LogP contribution in [0.2, 0.25) is 0 Å². The van der Waals surface area contributed by atoms with E-state index in [-0.39, 0.29) is 42.5 Å². The molecular formula is C42H66N6O7. The Bertz CT molecular complexity index is 1370. The number of rotatable bonds is 12. The molecule has 6 aliphatic rings. The van der Waals surface area contributed by atoms with E-state index in [1.165, 1.54) is 0 Å². The third kappa shape index (κ3) is 12.7. The number of hydrogen-bond acceptors (Lipinski definition) is 10. The largest absolute Gasteiger partial charge is 0.458 e. The minimum absolute atomic E-state index is 0.0422. The number of benzene rings is 1. The van der Waals surface area contributed by atoms with Crippen LogP contribution in [0, 0.1) is 17.8 Å². The summed E-state index contributed by atoms with van der Waals surface area (Å²) in [7, 11) is 0. The average molecular weight is 767 g/mol. The molecule has 55 heavy (non-hydrogen) atoms. The van der Waals surface area contributed by atoms with E-state index >= 15 is 0 Å². The fraction of sp³-hybridized carbons (Fsp3) is 0.762. The lowest BCUT2D eigenvalue weighted by atomic mass is 9.81. The van der Waals surface area contributed by atoms with Crippen LogP contribution in [0.4, 0.5) is 0 Å². The molecule has 6 fully saturated rings. The molecule has 13 nitrogen and oxygen atoms in total. The molecule has 5 heterocycles. The summed E-state index contributed by atoms with van der Waals surface area (Å²) in [6, 6.07) is 8.34. The van der Waals surface area contributed by atoms with Crippen molar-refractivity contribution < 1.29 is 33.8 Å². The third-order valence-corrected chi connectivity index (χ3v) is 12.7. The van der Waals surface area contributed by atoms with Crippen LogP contribution < -0.4 is 21.3 Å². The quantitative estimate of drug-likeness (QED) is 0.200. The zero-order chi connectivity index (χ0) is 38.4. The number of cyclic esters (lactones) is 1. The molecule has 7 rings (SSSR count). The molecule has 1 aliphatic carbocycles. The predicted molar refractivity (Wildman–Crippen MR) is 209 cm³/mol. The van der Waals surface area contributed by atoms with Crippen molar-refractivity contribution in [3.8, 4) is 0 Å². The summed E-state index contributed by atoms with van der Waals surface area (Å²) >= 11 is 0. The van der Waals surface area contributed by atoms with Crippen LogP contribution >= 0.6 is 0 Å². The maximum Gasteiger partial charge on any atom is 0.329 e. The number of fused-ring (bicyclic) bond motifs is 3. The number of morpholine rings is 1. The van der Waals surface area contributed by atoms with Gasteiger partial charge in [-0.3, -0.25) is 19.3 Å². The predicted octanol–water partition coefficient (Wildman–Crippen LogP) is 2.15. The van der Waals surface area contributed by atoms with E-state index < -0.39 is 36.2 Å². The molecule has 0 spiro atoms. The van der Waals surface area contributed by atoms with Crippen LogP contribution in [0.15, 0.2) is 30.3 Å². The van der Waals surface area contributed by atoms with Gasteiger partial charge in [-0.25, -0.2) is 4.79 Å². The van der Waals surface area contributed by atoms with Gasteiger partial charge in [0.05, 0.1) is 25.2 Å². The molecule has 1 aromatic rings. The first-order valence-electron chi connectivity index (χ1n) is 21.4. The van der Waals surface area contributed by atoms with Gasteiger partial charge in [-0.15, -0.1) is 0 Å². The van der Waals surface area contributed by atoms with Crippen molar-refractivity contribution in [3.05, 3.63) is 35.9 Å². The van der Waals surface area contributed by atoms with Crippen molar-refractivity contribution in [2.45, 2.75) is 120 Å². The maximum atomic E-state index is 14.3. The van der Waals surface area contributed by atoms with E-state index in [9.17, 15) is 24.3 Å². The summed E-state index contributed by atoms with van der Waals surface area (Å²) in [5.74, 6) is -1.49. The second-order valence-corrected chi connectivity index (χ2v) is 16.7. The third-order valence-electron chi connectivity index (χ3n) is 12.7. The molecule has 2 bridgehead atoms. The van der Waals surface area contributed by atoms with Gasteiger partial charge in [0.15, 0.2) is 0 Å². The van der Waals surface area contributed by atoms with Crippen molar-refractivity contribution in [2.24, 2.45) is 17.8 Å². The highest BCUT2D eigenvalue weighted by atomic mass is 16.6. The second kappa shape index (κ2) is 21.4. The summed E-state index contributed by atoms with van der Waals surface area (Å²) in [5, 5.41) is 24.8. The van der Waals surface area contributed by atoms with E-state index in [1.54, 1.807) is 0 Å². The summed E-state index contributed by atoms with van der Waals surface area (Å²) < 4.78 is 11.7. The number of ether oxygens (including phenoxy) is 2. The Morgan fingerprint density at radius 2 is 1.65 bits per heavy atom. The minimum Gasteiger partial charge on any atom is -0.458 e. The molecule has 3 amide bonds. The molecule has 5 N–H and O–H groups in total. The fourth-order valence-corrected chi connectivity index (χ4v) is 9.34. The second-order valence-electron chi connectivity index (χ2n) is 16.7. The molecule has 5 aliphatic heterocycles. The number of hydrogen-bond donors (Lipinski definition) is 5. The van der Waals surface area contributed by atoms with Crippen LogP contribution in [-0.2, 0) is 35.1 Å². The molecule has 1 aromatic carbocycles. The molecular weight excluding hydrogens is 700 g/mol. The lowest BCUT2D eigenvalue weighted by molar-refractivity contribution is -0.165. The van der Waals surface area contributed by atoms with E-state index in [4.69, 9.17) is 9.47 Å². The monoisotopic (exact) mass is 766 g/mol. The Morgan fingerprint density at radius 3 is 2.38 bits per heavy atom. The number of piperidine rings is 3. The van der Waals surface area contributed by atoms with Crippen molar-refractivity contribution >= 4 is 23.7 Å². The van der Waals surface area contributed by atoms with Crippen LogP contribution in [0.5, 0.6) is 0 Å². The minimum atomic E-state index is -1.22. The van der Waals surface area contributed by atoms with Crippen LogP contribution in [0.25, 0.3) is 0 Å². The van der Waals surface area contributed by atoms with Crippen LogP contribution in [-0.4, -0.2) is 135 Å². The van der Waals surface area contributed by atoms with E-state index in [1.807, 2.05) is 30.3 Å². The molecule has 13 heteroatoms. The maximum absolute atomic E-state index is 14.3. The Balaban J connectivity index is 1.19. The zero-order valence-electron chi connectivity index (χ0n) is 32.8. The Kier molecular flexibility index (Phi) is 16.2. The molecule has 0 aromatic heterocycles. The summed E-state index contributed by atoms with van der Waals surface area (Å²) in [4.78, 5) is 60.1. The first-order chi connectivity index (χ1) is 26.8. The van der Waals surface area contributed by atoms with Crippen molar-refractivity contribution in [1.82, 2.24) is 31.1 Å².